The molecule has 5 nitrogen and oxygen atoms in total. The molecule has 0 spiro atoms. The average Bonchev–Trinajstić information content (AvgIpc) is 2.63. The first-order valence-electron chi connectivity index (χ1n) is 5.67. The number of hydrogen-bond acceptors (Lipinski definition) is 5. The molecule has 0 aromatic carbocycles. The van der Waals surface area contributed by atoms with Gasteiger partial charge in [0.2, 0.25) is 0 Å². The van der Waals surface area contributed by atoms with Crippen molar-refractivity contribution in [2.75, 3.05) is 33.2 Å². The molecule has 0 saturated carbocycles. The van der Waals surface area contributed by atoms with Crippen LogP contribution in [-0.4, -0.2) is 59.1 Å². The highest BCUT2D eigenvalue weighted by atomic mass is 32.1. The predicted octanol–water partition coefficient (Wildman–Crippen LogP) is 0.897. The van der Waals surface area contributed by atoms with Crippen LogP contribution in [0.3, 0.4) is 0 Å². The number of hydrogen-bond donors (Lipinski definition) is 1. The smallest absolute Gasteiger partial charge is 0.355 e. The van der Waals surface area contributed by atoms with Gasteiger partial charge in [-0.25, -0.2) is 9.78 Å². The molecule has 17 heavy (non-hydrogen) atoms. The van der Waals surface area contributed by atoms with E-state index in [9.17, 15) is 4.79 Å². The van der Waals surface area contributed by atoms with Crippen LogP contribution < -0.4 is 0 Å². The molecule has 1 aliphatic rings. The number of carbonyl (C=O) groups is 1. The number of carboxylic acids is 1. The van der Waals surface area contributed by atoms with Gasteiger partial charge in [0.05, 0.1) is 9.88 Å². The van der Waals surface area contributed by atoms with E-state index in [0.29, 0.717) is 6.54 Å². The first-order valence-corrected chi connectivity index (χ1v) is 6.48. The lowest BCUT2D eigenvalue weighted by Gasteiger charge is -2.31. The van der Waals surface area contributed by atoms with Gasteiger partial charge in [0.1, 0.15) is 0 Å². The van der Waals surface area contributed by atoms with Crippen molar-refractivity contribution in [3.63, 3.8) is 0 Å². The van der Waals surface area contributed by atoms with Crippen LogP contribution in [0.15, 0.2) is 0 Å². The number of piperazine rings is 1. The van der Waals surface area contributed by atoms with Crippen molar-refractivity contribution < 1.29 is 9.90 Å². The van der Waals surface area contributed by atoms with Gasteiger partial charge in [0.15, 0.2) is 5.69 Å². The molecule has 1 N–H and O–H groups in total. The molecule has 0 amide bonds. The lowest BCUT2D eigenvalue weighted by Crippen LogP contribution is -2.43. The maximum atomic E-state index is 11.0. The molecule has 1 aliphatic heterocycles. The standard InChI is InChI=1S/C11H17N3O2S/c1-8-12-10(11(15)16)9(17-8)7-14-5-3-13(2)4-6-14/h3-7H2,1-2H3,(H,15,16). The van der Waals surface area contributed by atoms with E-state index in [1.54, 1.807) is 0 Å². The minimum atomic E-state index is -0.918. The molecule has 2 heterocycles. The Balaban J connectivity index is 2.05. The van der Waals surface area contributed by atoms with Gasteiger partial charge in [0, 0.05) is 32.7 Å². The van der Waals surface area contributed by atoms with Crippen LogP contribution in [0.5, 0.6) is 0 Å². The number of aromatic carboxylic acids is 1. The minimum absolute atomic E-state index is 0.228. The van der Waals surface area contributed by atoms with E-state index in [2.05, 4.69) is 21.8 Å². The summed E-state index contributed by atoms with van der Waals surface area (Å²) in [6.45, 7) is 6.63. The van der Waals surface area contributed by atoms with Crippen molar-refractivity contribution in [3.05, 3.63) is 15.6 Å². The van der Waals surface area contributed by atoms with Crippen molar-refractivity contribution in [1.29, 1.82) is 0 Å². The summed E-state index contributed by atoms with van der Waals surface area (Å²) in [5.74, 6) is -0.918. The van der Waals surface area contributed by atoms with Crippen molar-refractivity contribution in [1.82, 2.24) is 14.8 Å². The summed E-state index contributed by atoms with van der Waals surface area (Å²) in [7, 11) is 2.11. The molecule has 0 radical (unpaired) electrons. The lowest BCUT2D eigenvalue weighted by molar-refractivity contribution is 0.0687. The largest absolute Gasteiger partial charge is 0.476 e. The number of carboxylic acid groups (broad SMARTS) is 1. The average molecular weight is 255 g/mol. The fraction of sp³-hybridized carbons (Fsp3) is 0.636. The van der Waals surface area contributed by atoms with E-state index in [1.807, 2.05) is 6.92 Å². The van der Waals surface area contributed by atoms with Crippen LogP contribution >= 0.6 is 11.3 Å². The van der Waals surface area contributed by atoms with Gasteiger partial charge in [-0.05, 0) is 14.0 Å². The zero-order valence-electron chi connectivity index (χ0n) is 10.1. The second kappa shape index (κ2) is 5.12. The van der Waals surface area contributed by atoms with E-state index in [-0.39, 0.29) is 5.69 Å². The van der Waals surface area contributed by atoms with Crippen LogP contribution in [-0.2, 0) is 6.54 Å². The second-order valence-electron chi connectivity index (χ2n) is 4.39. The summed E-state index contributed by atoms with van der Waals surface area (Å²) in [5.41, 5.74) is 0.228. The third-order valence-corrected chi connectivity index (χ3v) is 3.93. The second-order valence-corrected chi connectivity index (χ2v) is 5.68. The maximum Gasteiger partial charge on any atom is 0.355 e. The molecular weight excluding hydrogens is 238 g/mol. The fourth-order valence-corrected chi connectivity index (χ4v) is 2.92. The zero-order chi connectivity index (χ0) is 12.4. The van der Waals surface area contributed by atoms with E-state index < -0.39 is 5.97 Å². The van der Waals surface area contributed by atoms with Gasteiger partial charge in [-0.2, -0.15) is 0 Å². The monoisotopic (exact) mass is 255 g/mol. The normalized spacial score (nSPS) is 18.5. The Kier molecular flexibility index (Phi) is 3.76. The van der Waals surface area contributed by atoms with E-state index in [0.717, 1.165) is 36.1 Å². The molecule has 0 unspecified atom stereocenters. The quantitative estimate of drug-likeness (QED) is 0.869. The molecule has 1 fully saturated rings. The van der Waals surface area contributed by atoms with Gasteiger partial charge in [0.25, 0.3) is 0 Å². The highest BCUT2D eigenvalue weighted by Gasteiger charge is 2.20. The molecule has 1 aromatic rings. The number of thiazole rings is 1. The summed E-state index contributed by atoms with van der Waals surface area (Å²) >= 11 is 1.49. The highest BCUT2D eigenvalue weighted by Crippen LogP contribution is 2.20. The van der Waals surface area contributed by atoms with Crippen molar-refractivity contribution in [2.45, 2.75) is 13.5 Å². The van der Waals surface area contributed by atoms with E-state index in [4.69, 9.17) is 5.11 Å². The summed E-state index contributed by atoms with van der Waals surface area (Å²) in [4.78, 5) is 20.6. The van der Waals surface area contributed by atoms with Crippen LogP contribution in [0.4, 0.5) is 0 Å². The first kappa shape index (κ1) is 12.5. The minimum Gasteiger partial charge on any atom is -0.476 e. The summed E-state index contributed by atoms with van der Waals surface area (Å²) in [6.07, 6.45) is 0. The number of aromatic nitrogens is 1. The summed E-state index contributed by atoms with van der Waals surface area (Å²) in [6, 6.07) is 0. The molecule has 2 rings (SSSR count). The van der Waals surface area contributed by atoms with Gasteiger partial charge >= 0.3 is 5.97 Å². The zero-order valence-corrected chi connectivity index (χ0v) is 11.0. The van der Waals surface area contributed by atoms with Gasteiger partial charge in [-0.3, -0.25) is 4.90 Å². The maximum absolute atomic E-state index is 11.0. The van der Waals surface area contributed by atoms with Crippen molar-refractivity contribution in [2.24, 2.45) is 0 Å². The Bertz CT molecular complexity index is 411. The van der Waals surface area contributed by atoms with Crippen molar-refractivity contribution >= 4 is 17.3 Å². The molecule has 1 aromatic heterocycles. The Morgan fingerprint density at radius 1 is 1.41 bits per heavy atom. The topological polar surface area (TPSA) is 56.7 Å². The molecular formula is C11H17N3O2S. The Morgan fingerprint density at radius 3 is 2.65 bits per heavy atom. The molecule has 94 valence electrons. The molecule has 0 bridgehead atoms. The summed E-state index contributed by atoms with van der Waals surface area (Å²) in [5, 5.41) is 9.89. The molecule has 1 saturated heterocycles. The predicted molar refractivity (Wildman–Crippen MR) is 66.6 cm³/mol. The molecule has 6 heteroatoms. The Hall–Kier alpha value is -0.980. The number of rotatable bonds is 3. The number of nitrogens with zero attached hydrogens (tertiary/aromatic N) is 3. The first-order chi connectivity index (χ1) is 8.06. The third kappa shape index (κ3) is 3.02. The van der Waals surface area contributed by atoms with Gasteiger partial charge in [-0.15, -0.1) is 11.3 Å². The number of aryl methyl sites for hydroxylation is 1. The Morgan fingerprint density at radius 2 is 2.06 bits per heavy atom. The lowest BCUT2D eigenvalue weighted by atomic mass is 10.3. The SMILES string of the molecule is Cc1nc(C(=O)O)c(CN2CCN(C)CC2)s1. The van der Waals surface area contributed by atoms with Gasteiger partial charge < -0.3 is 10.0 Å². The van der Waals surface area contributed by atoms with E-state index in [1.165, 1.54) is 11.3 Å². The van der Waals surface area contributed by atoms with Crippen LogP contribution in [0.2, 0.25) is 0 Å². The summed E-state index contributed by atoms with van der Waals surface area (Å²) < 4.78 is 0. The van der Waals surface area contributed by atoms with Crippen LogP contribution in [0.25, 0.3) is 0 Å². The van der Waals surface area contributed by atoms with Crippen LogP contribution in [0, 0.1) is 6.92 Å². The van der Waals surface area contributed by atoms with Gasteiger partial charge in [-0.1, -0.05) is 0 Å². The van der Waals surface area contributed by atoms with Crippen LogP contribution in [0.1, 0.15) is 20.4 Å². The molecule has 0 aliphatic carbocycles. The fourth-order valence-electron chi connectivity index (χ4n) is 1.95. The van der Waals surface area contributed by atoms with E-state index >= 15 is 0 Å². The van der Waals surface area contributed by atoms with Crippen molar-refractivity contribution in [3.8, 4) is 0 Å². The molecule has 0 atom stereocenters. The highest BCUT2D eigenvalue weighted by molar-refractivity contribution is 7.11. The number of likely N-dealkylation sites (N-methyl/N-ethyl adjacent to an activating group) is 1. The Labute approximate surface area is 105 Å². The third-order valence-electron chi connectivity index (χ3n) is 2.97.